The number of alkyl halides is 6. The summed E-state index contributed by atoms with van der Waals surface area (Å²) in [5.74, 6) is -0.519. The summed E-state index contributed by atoms with van der Waals surface area (Å²) >= 11 is 0. The topological polar surface area (TPSA) is 41.1 Å². The molecule has 150 valence electrons. The summed E-state index contributed by atoms with van der Waals surface area (Å²) in [7, 11) is 0. The highest BCUT2D eigenvalue weighted by Gasteiger charge is 2.73. The molecule has 0 fully saturated rings. The number of furan rings is 1. The third kappa shape index (κ3) is 3.38. The molecule has 2 heterocycles. The number of halogens is 6. The van der Waals surface area contributed by atoms with Gasteiger partial charge in [0, 0.05) is 12.0 Å². The average molecular weight is 403 g/mol. The minimum Gasteiger partial charge on any atom is -0.467 e. The van der Waals surface area contributed by atoms with E-state index in [0.717, 1.165) is 0 Å². The molecule has 10 heteroatoms. The fourth-order valence-corrected chi connectivity index (χ4v) is 2.82. The van der Waals surface area contributed by atoms with Gasteiger partial charge < -0.3 is 9.32 Å². The van der Waals surface area contributed by atoms with E-state index >= 15 is 0 Å². The van der Waals surface area contributed by atoms with Crippen LogP contribution in [-0.2, 0) is 6.54 Å². The quantitative estimate of drug-likeness (QED) is 0.661. The first kappa shape index (κ1) is 20.0. The summed E-state index contributed by atoms with van der Waals surface area (Å²) in [6, 6.07) is 10.5. The summed E-state index contributed by atoms with van der Waals surface area (Å²) in [6.45, 7) is 1.32. The predicted molar refractivity (Wildman–Crippen MR) is 89.8 cm³/mol. The lowest BCUT2D eigenvalue weighted by Crippen LogP contribution is -2.59. The molecule has 0 aliphatic carbocycles. The molecule has 0 bridgehead atoms. The van der Waals surface area contributed by atoms with Crippen LogP contribution in [0.1, 0.15) is 24.7 Å². The van der Waals surface area contributed by atoms with Crippen molar-refractivity contribution in [2.45, 2.75) is 37.9 Å². The second-order valence-corrected chi connectivity index (χ2v) is 6.02. The van der Waals surface area contributed by atoms with Gasteiger partial charge in [0.1, 0.15) is 17.4 Å². The Morgan fingerprint density at radius 2 is 1.57 bits per heavy atom. The molecule has 0 radical (unpaired) electrons. The monoisotopic (exact) mass is 403 g/mol. The van der Waals surface area contributed by atoms with E-state index in [0.29, 0.717) is 5.76 Å². The second kappa shape index (κ2) is 6.99. The number of amidine groups is 2. The first-order chi connectivity index (χ1) is 13.1. The number of rotatable bonds is 4. The van der Waals surface area contributed by atoms with E-state index < -0.39 is 23.9 Å². The van der Waals surface area contributed by atoms with Gasteiger partial charge in [0.15, 0.2) is 0 Å². The van der Waals surface area contributed by atoms with E-state index in [1.165, 1.54) is 42.4 Å². The number of hydrogen-bond donors (Lipinski definition) is 0. The molecule has 1 aromatic heterocycles. The highest BCUT2D eigenvalue weighted by atomic mass is 19.4. The standard InChI is InChI=1S/C18H15F6N3O/c1-2-14-25-16(17(19,20)21,18(22,23)24)26-15(12-7-4-3-5-8-12)27(14)11-13-9-6-10-28-13/h3-10H,2,11H2,1H3. The molecule has 0 atom stereocenters. The maximum absolute atomic E-state index is 13.6. The Hall–Kier alpha value is -2.78. The fourth-order valence-electron chi connectivity index (χ4n) is 2.82. The van der Waals surface area contributed by atoms with Gasteiger partial charge in [0.2, 0.25) is 0 Å². The van der Waals surface area contributed by atoms with Gasteiger partial charge >= 0.3 is 18.0 Å². The van der Waals surface area contributed by atoms with Crippen molar-refractivity contribution in [3.8, 4) is 0 Å². The Morgan fingerprint density at radius 3 is 2.07 bits per heavy atom. The average Bonchev–Trinajstić information content (AvgIpc) is 3.13. The van der Waals surface area contributed by atoms with E-state index in [1.807, 2.05) is 0 Å². The molecule has 1 aliphatic rings. The van der Waals surface area contributed by atoms with Gasteiger partial charge in [-0.3, -0.25) is 0 Å². The molecular formula is C18H15F6N3O. The molecule has 3 rings (SSSR count). The third-order valence-corrected chi connectivity index (χ3v) is 4.16. The lowest BCUT2D eigenvalue weighted by molar-refractivity contribution is -0.293. The van der Waals surface area contributed by atoms with Crippen LogP contribution >= 0.6 is 0 Å². The Kier molecular flexibility index (Phi) is 4.99. The number of nitrogens with zero attached hydrogens (tertiary/aromatic N) is 3. The summed E-state index contributed by atoms with van der Waals surface area (Å²) in [5, 5.41) is 0. The van der Waals surface area contributed by atoms with Crippen molar-refractivity contribution in [1.82, 2.24) is 4.90 Å². The lowest BCUT2D eigenvalue weighted by atomic mass is 10.1. The summed E-state index contributed by atoms with van der Waals surface area (Å²) in [6.07, 6.45) is -10.3. The van der Waals surface area contributed by atoms with Crippen molar-refractivity contribution < 1.29 is 30.8 Å². The second-order valence-electron chi connectivity index (χ2n) is 6.02. The van der Waals surface area contributed by atoms with E-state index in [4.69, 9.17) is 4.42 Å². The van der Waals surface area contributed by atoms with Crippen LogP contribution in [0.5, 0.6) is 0 Å². The number of hydrogen-bond acceptors (Lipinski definition) is 4. The summed E-state index contributed by atoms with van der Waals surface area (Å²) in [4.78, 5) is 7.44. The van der Waals surface area contributed by atoms with Crippen LogP contribution in [-0.4, -0.2) is 34.6 Å². The number of benzene rings is 1. The largest absolute Gasteiger partial charge is 0.467 e. The summed E-state index contributed by atoms with van der Waals surface area (Å²) < 4.78 is 86.9. The van der Waals surface area contributed by atoms with Gasteiger partial charge in [-0.25, -0.2) is 9.98 Å². The van der Waals surface area contributed by atoms with E-state index in [9.17, 15) is 26.3 Å². The van der Waals surface area contributed by atoms with E-state index in [-0.39, 0.29) is 24.4 Å². The molecular weight excluding hydrogens is 388 g/mol. The molecule has 0 unspecified atom stereocenters. The van der Waals surface area contributed by atoms with Crippen molar-refractivity contribution in [2.75, 3.05) is 0 Å². The van der Waals surface area contributed by atoms with Gasteiger partial charge in [0.25, 0.3) is 0 Å². The van der Waals surface area contributed by atoms with Crippen LogP contribution < -0.4 is 0 Å². The molecule has 0 saturated heterocycles. The van der Waals surface area contributed by atoms with Crippen molar-refractivity contribution in [3.05, 3.63) is 60.1 Å². The van der Waals surface area contributed by atoms with E-state index in [1.54, 1.807) is 18.2 Å². The highest BCUT2D eigenvalue weighted by Crippen LogP contribution is 2.49. The fraction of sp³-hybridized carbons (Fsp3) is 0.333. The molecule has 1 aromatic carbocycles. The van der Waals surface area contributed by atoms with Crippen LogP contribution in [0.15, 0.2) is 63.1 Å². The van der Waals surface area contributed by atoms with Crippen LogP contribution in [0.4, 0.5) is 26.3 Å². The minimum absolute atomic E-state index is 0.104. The van der Waals surface area contributed by atoms with Gasteiger partial charge in [0.05, 0.1) is 12.8 Å². The van der Waals surface area contributed by atoms with Crippen molar-refractivity contribution in [1.29, 1.82) is 0 Å². The Labute approximate surface area is 156 Å². The zero-order valence-electron chi connectivity index (χ0n) is 14.6. The molecule has 1 aliphatic heterocycles. The molecule has 0 saturated carbocycles. The molecule has 4 nitrogen and oxygen atoms in total. The zero-order valence-corrected chi connectivity index (χ0v) is 14.6. The highest BCUT2D eigenvalue weighted by molar-refractivity contribution is 6.10. The van der Waals surface area contributed by atoms with Gasteiger partial charge in [-0.15, -0.1) is 0 Å². The Balaban J connectivity index is 2.24. The van der Waals surface area contributed by atoms with Gasteiger partial charge in [-0.05, 0) is 12.1 Å². The van der Waals surface area contributed by atoms with Crippen molar-refractivity contribution in [2.24, 2.45) is 9.98 Å². The smallest absolute Gasteiger partial charge is 0.443 e. The minimum atomic E-state index is -5.76. The first-order valence-electron chi connectivity index (χ1n) is 8.26. The van der Waals surface area contributed by atoms with Crippen molar-refractivity contribution >= 4 is 11.7 Å². The Bertz CT molecular complexity index is 855. The normalized spacial score (nSPS) is 17.3. The van der Waals surface area contributed by atoms with Crippen LogP contribution in [0, 0.1) is 0 Å². The molecule has 0 amide bonds. The molecule has 28 heavy (non-hydrogen) atoms. The van der Waals surface area contributed by atoms with Crippen LogP contribution in [0.2, 0.25) is 0 Å². The van der Waals surface area contributed by atoms with Crippen LogP contribution in [0.3, 0.4) is 0 Å². The maximum Gasteiger partial charge on any atom is 0.443 e. The molecule has 0 spiro atoms. The van der Waals surface area contributed by atoms with Crippen LogP contribution in [0.25, 0.3) is 0 Å². The maximum atomic E-state index is 13.6. The van der Waals surface area contributed by atoms with Crippen molar-refractivity contribution in [3.63, 3.8) is 0 Å². The van der Waals surface area contributed by atoms with Gasteiger partial charge in [-0.1, -0.05) is 37.3 Å². The first-order valence-corrected chi connectivity index (χ1v) is 8.26. The SMILES string of the molecule is CCC1=NC(C(F)(F)F)(C(F)(F)F)N=C(c2ccccc2)N1Cc1ccco1. The predicted octanol–water partition coefficient (Wildman–Crippen LogP) is 5.17. The number of aliphatic imine (C=N–C) groups is 2. The summed E-state index contributed by atoms with van der Waals surface area (Å²) in [5.41, 5.74) is -4.45. The Morgan fingerprint density at radius 1 is 0.929 bits per heavy atom. The molecule has 2 aromatic rings. The van der Waals surface area contributed by atoms with Gasteiger partial charge in [-0.2, -0.15) is 26.3 Å². The lowest BCUT2D eigenvalue weighted by Gasteiger charge is -2.39. The zero-order chi connectivity index (χ0) is 20.6. The van der Waals surface area contributed by atoms with E-state index in [2.05, 4.69) is 9.98 Å². The molecule has 0 N–H and O–H groups in total. The third-order valence-electron chi connectivity index (χ3n) is 4.16.